The third kappa shape index (κ3) is 5.33. The number of aliphatic imine (C=N–C) groups is 1. The first kappa shape index (κ1) is 20.5. The van der Waals surface area contributed by atoms with Crippen LogP contribution in [-0.4, -0.2) is 18.6 Å². The number of benzene rings is 2. The Morgan fingerprint density at radius 3 is 2.50 bits per heavy atom. The molecule has 0 atom stereocenters. The van der Waals surface area contributed by atoms with Crippen molar-refractivity contribution in [3.05, 3.63) is 59.9 Å². The van der Waals surface area contributed by atoms with E-state index in [9.17, 15) is 4.39 Å². The van der Waals surface area contributed by atoms with Crippen LogP contribution in [0.3, 0.4) is 0 Å². The predicted molar refractivity (Wildman–Crippen MR) is 115 cm³/mol. The average molecular weight is 469 g/mol. The Balaban J connectivity index is 0.00000243. The zero-order chi connectivity index (χ0) is 17.9. The van der Waals surface area contributed by atoms with Crippen LogP contribution in [0.2, 0.25) is 0 Å². The summed E-state index contributed by atoms with van der Waals surface area (Å²) >= 11 is 0. The van der Waals surface area contributed by atoms with Gasteiger partial charge in [-0.1, -0.05) is 12.1 Å². The number of ether oxygens (including phenoxy) is 1. The van der Waals surface area contributed by atoms with E-state index in [1.807, 2.05) is 44.2 Å². The van der Waals surface area contributed by atoms with Crippen LogP contribution in [-0.2, 0) is 5.41 Å². The molecule has 0 aromatic heterocycles. The Morgan fingerprint density at radius 2 is 1.92 bits per heavy atom. The number of nitrogens with two attached hydrogens (primary N) is 1. The first-order valence-electron chi connectivity index (χ1n) is 8.57. The maximum atomic E-state index is 13.4. The van der Waals surface area contributed by atoms with Gasteiger partial charge in [0, 0.05) is 11.1 Å². The maximum absolute atomic E-state index is 13.4. The van der Waals surface area contributed by atoms with Crippen LogP contribution >= 0.6 is 24.0 Å². The molecule has 1 aliphatic carbocycles. The zero-order valence-corrected chi connectivity index (χ0v) is 17.4. The lowest BCUT2D eigenvalue weighted by Crippen LogP contribution is -2.25. The molecule has 2 aromatic carbocycles. The Kier molecular flexibility index (Phi) is 6.86. The Hall–Kier alpha value is -1.83. The van der Waals surface area contributed by atoms with Gasteiger partial charge in [0.2, 0.25) is 0 Å². The highest BCUT2D eigenvalue weighted by atomic mass is 127. The SMILES string of the molecule is CC(C)Oc1ccc(NC(N)=NCC2(c3cccc(F)c3)CC2)cc1.I. The van der Waals surface area contributed by atoms with Crippen molar-refractivity contribution >= 4 is 35.6 Å². The average Bonchev–Trinajstić information content (AvgIpc) is 3.36. The minimum absolute atomic E-state index is 0. The molecule has 0 heterocycles. The first-order valence-corrected chi connectivity index (χ1v) is 8.57. The zero-order valence-electron chi connectivity index (χ0n) is 15.0. The van der Waals surface area contributed by atoms with Gasteiger partial charge in [-0.25, -0.2) is 4.39 Å². The van der Waals surface area contributed by atoms with E-state index in [1.54, 1.807) is 12.1 Å². The van der Waals surface area contributed by atoms with Crippen molar-refractivity contribution in [3.8, 4) is 5.75 Å². The smallest absolute Gasteiger partial charge is 0.193 e. The molecule has 2 aromatic rings. The molecule has 4 nitrogen and oxygen atoms in total. The number of guanidine groups is 1. The van der Waals surface area contributed by atoms with E-state index in [0.29, 0.717) is 12.5 Å². The highest BCUT2D eigenvalue weighted by molar-refractivity contribution is 14.0. The summed E-state index contributed by atoms with van der Waals surface area (Å²) in [7, 11) is 0. The van der Waals surface area contributed by atoms with Gasteiger partial charge in [0.25, 0.3) is 0 Å². The standard InChI is InChI=1S/C20H24FN3O.HI/c1-14(2)25-18-8-6-17(7-9-18)24-19(22)23-13-20(10-11-20)15-4-3-5-16(21)12-15;/h3-9,12,14H,10-11,13H2,1-2H3,(H3,22,23,24);1H. The topological polar surface area (TPSA) is 59.6 Å². The van der Waals surface area contributed by atoms with Gasteiger partial charge in [0.15, 0.2) is 5.96 Å². The normalized spacial score (nSPS) is 15.3. The van der Waals surface area contributed by atoms with E-state index < -0.39 is 0 Å². The summed E-state index contributed by atoms with van der Waals surface area (Å²) in [5, 5.41) is 3.08. The predicted octanol–water partition coefficient (Wildman–Crippen LogP) is 4.69. The summed E-state index contributed by atoms with van der Waals surface area (Å²) in [6, 6.07) is 14.4. The maximum Gasteiger partial charge on any atom is 0.193 e. The van der Waals surface area contributed by atoms with Gasteiger partial charge < -0.3 is 15.8 Å². The van der Waals surface area contributed by atoms with Gasteiger partial charge in [-0.3, -0.25) is 4.99 Å². The first-order chi connectivity index (χ1) is 12.0. The van der Waals surface area contributed by atoms with Crippen LogP contribution in [0.5, 0.6) is 5.75 Å². The lowest BCUT2D eigenvalue weighted by Gasteiger charge is -2.14. The van der Waals surface area contributed by atoms with Crippen molar-refractivity contribution in [1.82, 2.24) is 0 Å². The number of anilines is 1. The fraction of sp³-hybridized carbons (Fsp3) is 0.350. The van der Waals surface area contributed by atoms with Crippen LogP contribution in [0, 0.1) is 5.82 Å². The molecule has 0 saturated heterocycles. The Morgan fingerprint density at radius 1 is 1.23 bits per heavy atom. The van der Waals surface area contributed by atoms with Gasteiger partial charge in [-0.05, 0) is 68.7 Å². The summed E-state index contributed by atoms with van der Waals surface area (Å²) in [5.41, 5.74) is 7.79. The molecule has 0 aliphatic heterocycles. The summed E-state index contributed by atoms with van der Waals surface area (Å²) in [6.45, 7) is 4.54. The molecule has 0 amide bonds. The molecule has 140 valence electrons. The van der Waals surface area contributed by atoms with Crippen LogP contribution in [0.1, 0.15) is 32.3 Å². The van der Waals surface area contributed by atoms with Crippen molar-refractivity contribution in [2.75, 3.05) is 11.9 Å². The minimum Gasteiger partial charge on any atom is -0.491 e. The van der Waals surface area contributed by atoms with Crippen molar-refractivity contribution in [3.63, 3.8) is 0 Å². The van der Waals surface area contributed by atoms with Gasteiger partial charge in [0.1, 0.15) is 11.6 Å². The van der Waals surface area contributed by atoms with E-state index in [2.05, 4.69) is 10.3 Å². The van der Waals surface area contributed by atoms with Crippen LogP contribution < -0.4 is 15.8 Å². The largest absolute Gasteiger partial charge is 0.491 e. The second-order valence-electron chi connectivity index (χ2n) is 6.81. The molecular weight excluding hydrogens is 444 g/mol. The molecule has 26 heavy (non-hydrogen) atoms. The van der Waals surface area contributed by atoms with Gasteiger partial charge in [-0.15, -0.1) is 24.0 Å². The van der Waals surface area contributed by atoms with Crippen molar-refractivity contribution in [1.29, 1.82) is 0 Å². The molecule has 1 saturated carbocycles. The molecule has 1 fully saturated rings. The second kappa shape index (κ2) is 8.70. The van der Waals surface area contributed by atoms with E-state index in [0.717, 1.165) is 29.8 Å². The van der Waals surface area contributed by atoms with Crippen LogP contribution in [0.25, 0.3) is 0 Å². The number of hydrogen-bond acceptors (Lipinski definition) is 2. The molecule has 6 heteroatoms. The number of nitrogens with one attached hydrogen (secondary N) is 1. The summed E-state index contributed by atoms with van der Waals surface area (Å²) in [4.78, 5) is 4.46. The Bertz CT molecular complexity index is 758. The lowest BCUT2D eigenvalue weighted by molar-refractivity contribution is 0.242. The Labute approximate surface area is 171 Å². The van der Waals surface area contributed by atoms with Gasteiger partial charge in [-0.2, -0.15) is 0 Å². The monoisotopic (exact) mass is 469 g/mol. The fourth-order valence-corrected chi connectivity index (χ4v) is 2.82. The summed E-state index contributed by atoms with van der Waals surface area (Å²) in [5.74, 6) is 0.974. The number of hydrogen-bond donors (Lipinski definition) is 2. The third-order valence-electron chi connectivity index (χ3n) is 4.34. The highest BCUT2D eigenvalue weighted by Crippen LogP contribution is 2.48. The minimum atomic E-state index is -0.206. The molecule has 0 unspecified atom stereocenters. The number of halogens is 2. The van der Waals surface area contributed by atoms with E-state index in [-0.39, 0.29) is 41.3 Å². The van der Waals surface area contributed by atoms with Crippen LogP contribution in [0.15, 0.2) is 53.5 Å². The second-order valence-corrected chi connectivity index (χ2v) is 6.81. The fourth-order valence-electron chi connectivity index (χ4n) is 2.82. The summed E-state index contributed by atoms with van der Waals surface area (Å²) in [6.07, 6.45) is 2.16. The van der Waals surface area contributed by atoms with E-state index >= 15 is 0 Å². The molecule has 3 rings (SSSR count). The molecule has 1 aliphatic rings. The van der Waals surface area contributed by atoms with Crippen LogP contribution in [0.4, 0.5) is 10.1 Å². The highest BCUT2D eigenvalue weighted by Gasteiger charge is 2.44. The van der Waals surface area contributed by atoms with Gasteiger partial charge >= 0.3 is 0 Å². The molecule has 0 bridgehead atoms. The molecule has 0 radical (unpaired) electrons. The van der Waals surface area contributed by atoms with Crippen molar-refractivity contribution in [2.24, 2.45) is 10.7 Å². The molecule has 0 spiro atoms. The molecule has 3 N–H and O–H groups in total. The van der Waals surface area contributed by atoms with Gasteiger partial charge in [0.05, 0.1) is 12.6 Å². The summed E-state index contributed by atoms with van der Waals surface area (Å²) < 4.78 is 19.1. The van der Waals surface area contributed by atoms with E-state index in [4.69, 9.17) is 10.5 Å². The lowest BCUT2D eigenvalue weighted by atomic mass is 9.96. The quantitative estimate of drug-likeness (QED) is 0.367. The number of nitrogens with zero attached hydrogens (tertiary/aromatic N) is 1. The molecular formula is C20H25FIN3O. The van der Waals surface area contributed by atoms with Crippen molar-refractivity contribution < 1.29 is 9.13 Å². The van der Waals surface area contributed by atoms with Crippen molar-refractivity contribution in [2.45, 2.75) is 38.2 Å². The third-order valence-corrected chi connectivity index (χ3v) is 4.34. The van der Waals surface area contributed by atoms with E-state index in [1.165, 1.54) is 6.07 Å². The number of rotatable bonds is 6.